The summed E-state index contributed by atoms with van der Waals surface area (Å²) in [7, 11) is 5.25. The SMILES string of the molecule is CCN(C(C)(C)C)C(C[SiH3])(NC)NC. The minimum Gasteiger partial charge on any atom is -0.290 e. The van der Waals surface area contributed by atoms with E-state index in [0.29, 0.717) is 0 Å². The van der Waals surface area contributed by atoms with Crippen LogP contribution in [0.2, 0.25) is 6.04 Å². The third-order valence-corrected chi connectivity index (χ3v) is 3.95. The summed E-state index contributed by atoms with van der Waals surface area (Å²) in [6.07, 6.45) is 0. The maximum Gasteiger partial charge on any atom is 0.122 e. The second-order valence-electron chi connectivity index (χ2n) is 4.63. The fourth-order valence-electron chi connectivity index (χ4n) is 2.26. The maximum atomic E-state index is 3.42. The van der Waals surface area contributed by atoms with Crippen molar-refractivity contribution in [2.75, 3.05) is 20.6 Å². The number of nitrogens with zero attached hydrogens (tertiary/aromatic N) is 1. The number of rotatable bonds is 5. The van der Waals surface area contributed by atoms with Gasteiger partial charge in [-0.1, -0.05) is 6.92 Å². The van der Waals surface area contributed by atoms with Crippen molar-refractivity contribution in [3.05, 3.63) is 0 Å². The average Bonchev–Trinajstić information content (AvgIpc) is 2.12. The molecule has 0 aliphatic rings. The molecular weight excluding hydrogens is 190 g/mol. The molecule has 0 aliphatic carbocycles. The Balaban J connectivity index is 4.94. The third-order valence-electron chi connectivity index (χ3n) is 2.93. The van der Waals surface area contributed by atoms with Gasteiger partial charge < -0.3 is 0 Å². The zero-order valence-electron chi connectivity index (χ0n) is 10.9. The molecule has 0 unspecified atom stereocenters. The smallest absolute Gasteiger partial charge is 0.122 e. The van der Waals surface area contributed by atoms with Crippen molar-refractivity contribution in [3.63, 3.8) is 0 Å². The summed E-state index contributed by atoms with van der Waals surface area (Å²) in [6.45, 7) is 10.0. The van der Waals surface area contributed by atoms with Crippen LogP contribution in [0.15, 0.2) is 0 Å². The largest absolute Gasteiger partial charge is 0.290 e. The van der Waals surface area contributed by atoms with Crippen LogP contribution >= 0.6 is 0 Å². The molecule has 0 aromatic carbocycles. The summed E-state index contributed by atoms with van der Waals surface area (Å²) >= 11 is 0. The first kappa shape index (κ1) is 14.1. The van der Waals surface area contributed by atoms with E-state index in [1.165, 1.54) is 16.3 Å². The Morgan fingerprint density at radius 1 is 1.14 bits per heavy atom. The normalized spacial score (nSPS) is 13.9. The fraction of sp³-hybridized carbons (Fsp3) is 1.00. The van der Waals surface area contributed by atoms with Crippen molar-refractivity contribution < 1.29 is 0 Å². The van der Waals surface area contributed by atoms with Crippen molar-refractivity contribution in [2.24, 2.45) is 0 Å². The summed E-state index contributed by atoms with van der Waals surface area (Å²) < 4.78 is 0. The van der Waals surface area contributed by atoms with Gasteiger partial charge in [0.1, 0.15) is 5.79 Å². The molecule has 0 saturated heterocycles. The molecule has 0 bridgehead atoms. The topological polar surface area (TPSA) is 27.3 Å². The van der Waals surface area contributed by atoms with E-state index in [-0.39, 0.29) is 11.3 Å². The van der Waals surface area contributed by atoms with Gasteiger partial charge in [-0.05, 0) is 47.5 Å². The molecule has 0 heterocycles. The van der Waals surface area contributed by atoms with Crippen molar-refractivity contribution in [1.82, 2.24) is 15.5 Å². The zero-order chi connectivity index (χ0) is 11.4. The van der Waals surface area contributed by atoms with E-state index in [1.54, 1.807) is 0 Å². The molecule has 0 aromatic heterocycles. The highest BCUT2D eigenvalue weighted by atomic mass is 28.1. The molecule has 3 nitrogen and oxygen atoms in total. The third kappa shape index (κ3) is 2.79. The van der Waals surface area contributed by atoms with Gasteiger partial charge in [-0.2, -0.15) is 0 Å². The predicted molar refractivity (Wildman–Crippen MR) is 67.7 cm³/mol. The quantitative estimate of drug-likeness (QED) is 0.501. The zero-order valence-corrected chi connectivity index (χ0v) is 12.9. The van der Waals surface area contributed by atoms with Crippen molar-refractivity contribution in [2.45, 2.75) is 45.1 Å². The fourth-order valence-corrected chi connectivity index (χ4v) is 3.34. The molecule has 0 atom stereocenters. The maximum absolute atomic E-state index is 3.42. The van der Waals surface area contributed by atoms with Gasteiger partial charge in [-0.25, -0.2) is 0 Å². The molecule has 2 N–H and O–H groups in total. The van der Waals surface area contributed by atoms with E-state index in [9.17, 15) is 0 Å². The first-order chi connectivity index (χ1) is 6.37. The van der Waals surface area contributed by atoms with Gasteiger partial charge in [0.2, 0.25) is 0 Å². The molecule has 0 radical (unpaired) electrons. The molecule has 0 fully saturated rings. The van der Waals surface area contributed by atoms with E-state index in [4.69, 9.17) is 0 Å². The summed E-state index contributed by atoms with van der Waals surface area (Å²) in [5.74, 6) is -0.0285. The Labute approximate surface area is 92.1 Å². The van der Waals surface area contributed by atoms with Gasteiger partial charge in [-0.3, -0.25) is 15.5 Å². The number of hydrogen-bond acceptors (Lipinski definition) is 3. The van der Waals surface area contributed by atoms with Crippen molar-refractivity contribution in [1.29, 1.82) is 0 Å². The van der Waals surface area contributed by atoms with E-state index in [1.807, 2.05) is 14.1 Å². The van der Waals surface area contributed by atoms with Gasteiger partial charge in [0.15, 0.2) is 0 Å². The molecule has 0 amide bonds. The molecule has 0 spiro atoms. The summed E-state index contributed by atoms with van der Waals surface area (Å²) in [5.41, 5.74) is 0.186. The van der Waals surface area contributed by atoms with Crippen LogP contribution in [0.5, 0.6) is 0 Å². The first-order valence-electron chi connectivity index (χ1n) is 5.53. The van der Waals surface area contributed by atoms with Gasteiger partial charge >= 0.3 is 0 Å². The van der Waals surface area contributed by atoms with Crippen LogP contribution in [0.3, 0.4) is 0 Å². The first-order valence-corrected chi connectivity index (χ1v) is 6.95. The lowest BCUT2D eigenvalue weighted by Gasteiger charge is -2.50. The second-order valence-corrected chi connectivity index (χ2v) is 5.34. The minimum absolute atomic E-state index is 0.0285. The lowest BCUT2D eigenvalue weighted by Crippen LogP contribution is -2.69. The van der Waals surface area contributed by atoms with Gasteiger partial charge in [0, 0.05) is 15.8 Å². The van der Waals surface area contributed by atoms with Crippen LogP contribution in [-0.4, -0.2) is 47.1 Å². The Bertz CT molecular complexity index is 153. The van der Waals surface area contributed by atoms with E-state index in [2.05, 4.69) is 43.2 Å². The predicted octanol–water partition coefficient (Wildman–Crippen LogP) is -0.0169. The highest BCUT2D eigenvalue weighted by Crippen LogP contribution is 2.22. The molecule has 0 rings (SSSR count). The molecule has 0 aromatic rings. The van der Waals surface area contributed by atoms with Crippen LogP contribution in [0.4, 0.5) is 0 Å². The minimum atomic E-state index is -0.0285. The van der Waals surface area contributed by atoms with Gasteiger partial charge in [0.05, 0.1) is 0 Å². The summed E-state index contributed by atoms with van der Waals surface area (Å²) in [5, 5.41) is 6.84. The van der Waals surface area contributed by atoms with Crippen molar-refractivity contribution >= 4 is 10.2 Å². The average molecular weight is 217 g/mol. The van der Waals surface area contributed by atoms with Gasteiger partial charge in [0.25, 0.3) is 0 Å². The Morgan fingerprint density at radius 2 is 1.57 bits per heavy atom. The second kappa shape index (κ2) is 5.26. The van der Waals surface area contributed by atoms with Crippen LogP contribution < -0.4 is 10.6 Å². The monoisotopic (exact) mass is 217 g/mol. The van der Waals surface area contributed by atoms with Crippen LogP contribution in [0.25, 0.3) is 0 Å². The van der Waals surface area contributed by atoms with E-state index in [0.717, 1.165) is 6.54 Å². The van der Waals surface area contributed by atoms with Crippen LogP contribution in [-0.2, 0) is 0 Å². The molecular formula is C10H27N3Si. The van der Waals surface area contributed by atoms with Crippen LogP contribution in [0.1, 0.15) is 27.7 Å². The van der Waals surface area contributed by atoms with Crippen LogP contribution in [0, 0.1) is 0 Å². The van der Waals surface area contributed by atoms with E-state index >= 15 is 0 Å². The van der Waals surface area contributed by atoms with Crippen molar-refractivity contribution in [3.8, 4) is 0 Å². The lowest BCUT2D eigenvalue weighted by atomic mass is 10.0. The Morgan fingerprint density at radius 3 is 1.64 bits per heavy atom. The summed E-state index contributed by atoms with van der Waals surface area (Å²) in [4.78, 5) is 2.48. The molecule has 4 heteroatoms. The number of hydrogen-bond donors (Lipinski definition) is 2. The van der Waals surface area contributed by atoms with E-state index < -0.39 is 0 Å². The molecule has 0 aliphatic heterocycles. The Kier molecular flexibility index (Phi) is 5.29. The lowest BCUT2D eigenvalue weighted by molar-refractivity contribution is -0.0157. The molecule has 14 heavy (non-hydrogen) atoms. The highest BCUT2D eigenvalue weighted by molar-refractivity contribution is 6.09. The standard InChI is InChI=1S/C10H27N3Si/c1-7-13(9(2,3)4)10(8-14,11-5)12-6/h11-12H,7-8H2,1-6,14H3. The summed E-state index contributed by atoms with van der Waals surface area (Å²) in [6, 6.07) is 1.17. The molecule has 86 valence electrons. The van der Waals surface area contributed by atoms with Gasteiger partial charge in [-0.15, -0.1) is 0 Å². The number of nitrogens with one attached hydrogen (secondary N) is 2. The Hall–Kier alpha value is 0.0969. The highest BCUT2D eigenvalue weighted by Gasteiger charge is 2.37. The molecule has 0 saturated carbocycles.